The van der Waals surface area contributed by atoms with Crippen LogP contribution in [0.15, 0.2) is 59.2 Å². The first-order valence-electron chi connectivity index (χ1n) is 8.63. The Bertz CT molecular complexity index is 840. The predicted molar refractivity (Wildman–Crippen MR) is 98.7 cm³/mol. The summed E-state index contributed by atoms with van der Waals surface area (Å²) in [5, 5.41) is 0.336. The topological polar surface area (TPSA) is 25.2 Å². The van der Waals surface area contributed by atoms with E-state index in [0.717, 1.165) is 31.6 Å². The van der Waals surface area contributed by atoms with Crippen molar-refractivity contribution in [1.29, 1.82) is 0 Å². The average molecular weight is 341 g/mol. The van der Waals surface area contributed by atoms with Gasteiger partial charge >= 0.3 is 0 Å². The van der Waals surface area contributed by atoms with Crippen LogP contribution in [0.4, 0.5) is 5.69 Å². The van der Waals surface area contributed by atoms with Crippen LogP contribution in [0.3, 0.4) is 0 Å². The van der Waals surface area contributed by atoms with Crippen molar-refractivity contribution in [1.82, 2.24) is 4.57 Å². The van der Waals surface area contributed by atoms with Crippen LogP contribution in [-0.2, 0) is 6.54 Å². The zero-order valence-corrected chi connectivity index (χ0v) is 14.5. The molecule has 1 aliphatic carbocycles. The van der Waals surface area contributed by atoms with Gasteiger partial charge < -0.3 is 9.47 Å². The summed E-state index contributed by atoms with van der Waals surface area (Å²) in [6.45, 7) is 3.76. The largest absolute Gasteiger partial charge is 0.346 e. The summed E-state index contributed by atoms with van der Waals surface area (Å²) in [4.78, 5) is 14.5. The molecule has 1 aliphatic heterocycles. The second-order valence-electron chi connectivity index (χ2n) is 6.64. The van der Waals surface area contributed by atoms with Crippen molar-refractivity contribution in [3.8, 4) is 0 Å². The van der Waals surface area contributed by atoms with E-state index >= 15 is 0 Å². The third-order valence-corrected chi connectivity index (χ3v) is 5.44. The molecule has 0 saturated heterocycles. The highest BCUT2D eigenvalue weighted by molar-refractivity contribution is 6.33. The first kappa shape index (κ1) is 15.5. The third-order valence-electron chi connectivity index (χ3n) is 5.09. The van der Waals surface area contributed by atoms with E-state index in [0.29, 0.717) is 16.9 Å². The van der Waals surface area contributed by atoms with Crippen LogP contribution in [0.1, 0.15) is 31.2 Å². The highest BCUT2D eigenvalue weighted by atomic mass is 35.5. The number of aryl methyl sites for hydroxylation is 1. The van der Waals surface area contributed by atoms with E-state index in [9.17, 15) is 4.79 Å². The molecule has 0 radical (unpaired) electrons. The van der Waals surface area contributed by atoms with Gasteiger partial charge in [0.2, 0.25) is 0 Å². The molecule has 1 saturated carbocycles. The number of pyridine rings is 1. The Morgan fingerprint density at radius 1 is 1.21 bits per heavy atom. The summed E-state index contributed by atoms with van der Waals surface area (Å²) >= 11 is 6.37. The molecule has 2 heterocycles. The molecule has 1 aromatic heterocycles. The minimum absolute atomic E-state index is 0.0822. The quantitative estimate of drug-likeness (QED) is 0.805. The lowest BCUT2D eigenvalue weighted by atomic mass is 10.1. The summed E-state index contributed by atoms with van der Waals surface area (Å²) in [5.41, 5.74) is 3.59. The van der Waals surface area contributed by atoms with E-state index in [4.69, 9.17) is 11.6 Å². The number of benzene rings is 1. The van der Waals surface area contributed by atoms with Crippen LogP contribution in [0.5, 0.6) is 0 Å². The number of hydrogen-bond donors (Lipinski definition) is 0. The molecule has 2 aliphatic rings. The van der Waals surface area contributed by atoms with Gasteiger partial charge in [-0.05, 0) is 23.6 Å². The van der Waals surface area contributed by atoms with E-state index in [2.05, 4.69) is 48.4 Å². The summed E-state index contributed by atoms with van der Waals surface area (Å²) in [6, 6.07) is 12.6. The van der Waals surface area contributed by atoms with Crippen LogP contribution in [0.2, 0.25) is 5.02 Å². The third kappa shape index (κ3) is 2.57. The molecule has 0 spiro atoms. The zero-order valence-electron chi connectivity index (χ0n) is 13.8. The van der Waals surface area contributed by atoms with Gasteiger partial charge in [0.25, 0.3) is 5.56 Å². The fourth-order valence-corrected chi connectivity index (χ4v) is 3.97. The van der Waals surface area contributed by atoms with Crippen LogP contribution in [-0.4, -0.2) is 11.1 Å². The SMILES string of the molecule is CCCCn1ccc(N2C=C3[C@H](c4ccccc4)[C@H]3C2)c(Cl)c1=O. The van der Waals surface area contributed by atoms with Crippen molar-refractivity contribution < 1.29 is 0 Å². The number of nitrogens with zero attached hydrogens (tertiary/aromatic N) is 2. The number of fused-ring (bicyclic) bond motifs is 1. The first-order valence-corrected chi connectivity index (χ1v) is 9.00. The lowest BCUT2D eigenvalue weighted by molar-refractivity contribution is 0.613. The van der Waals surface area contributed by atoms with Gasteiger partial charge in [0.15, 0.2) is 0 Å². The van der Waals surface area contributed by atoms with Gasteiger partial charge in [0.1, 0.15) is 5.02 Å². The molecule has 4 rings (SSSR count). The number of unbranched alkanes of at least 4 members (excludes halogenated alkanes) is 1. The standard InChI is InChI=1S/C20H21ClN2O/c1-2-3-10-22-11-9-17(19(21)20(22)24)23-12-15-16(13-23)18(15)14-7-5-4-6-8-14/h4-9,11-12,16,18H,2-3,10,13H2,1H3/t16-,18-/m0/s1. The van der Waals surface area contributed by atoms with E-state index in [-0.39, 0.29) is 5.56 Å². The predicted octanol–water partition coefficient (Wildman–Crippen LogP) is 4.42. The van der Waals surface area contributed by atoms with Gasteiger partial charge in [-0.15, -0.1) is 0 Å². The van der Waals surface area contributed by atoms with Crippen LogP contribution in [0.25, 0.3) is 0 Å². The van der Waals surface area contributed by atoms with Crippen molar-refractivity contribution in [2.24, 2.45) is 5.92 Å². The summed E-state index contributed by atoms with van der Waals surface area (Å²) in [5.74, 6) is 1.11. The maximum Gasteiger partial charge on any atom is 0.271 e. The Morgan fingerprint density at radius 3 is 2.67 bits per heavy atom. The maximum atomic E-state index is 12.4. The van der Waals surface area contributed by atoms with Crippen molar-refractivity contribution >= 4 is 17.3 Å². The van der Waals surface area contributed by atoms with E-state index in [1.165, 1.54) is 11.1 Å². The number of aromatic nitrogens is 1. The summed E-state index contributed by atoms with van der Waals surface area (Å²) < 4.78 is 1.71. The van der Waals surface area contributed by atoms with Crippen LogP contribution >= 0.6 is 11.6 Å². The molecule has 0 unspecified atom stereocenters. The highest BCUT2D eigenvalue weighted by Gasteiger charge is 2.49. The molecule has 2 atom stereocenters. The minimum atomic E-state index is -0.0822. The Hall–Kier alpha value is -2.00. The molecule has 24 heavy (non-hydrogen) atoms. The Balaban J connectivity index is 1.55. The molecule has 2 aromatic rings. The molecule has 124 valence electrons. The molecule has 1 aromatic carbocycles. The summed E-state index contributed by atoms with van der Waals surface area (Å²) in [7, 11) is 0. The van der Waals surface area contributed by atoms with Gasteiger partial charge in [0.05, 0.1) is 5.69 Å². The number of halogens is 1. The van der Waals surface area contributed by atoms with Crippen molar-refractivity contribution in [2.45, 2.75) is 32.2 Å². The van der Waals surface area contributed by atoms with Gasteiger partial charge in [-0.3, -0.25) is 4.79 Å². The smallest absolute Gasteiger partial charge is 0.271 e. The van der Waals surface area contributed by atoms with E-state index in [1.807, 2.05) is 12.3 Å². The molecule has 1 fully saturated rings. The lowest BCUT2D eigenvalue weighted by Crippen LogP contribution is -2.25. The minimum Gasteiger partial charge on any atom is -0.346 e. The van der Waals surface area contributed by atoms with Crippen LogP contribution in [0, 0.1) is 5.92 Å². The van der Waals surface area contributed by atoms with E-state index < -0.39 is 0 Å². The van der Waals surface area contributed by atoms with Crippen LogP contribution < -0.4 is 10.5 Å². The monoisotopic (exact) mass is 340 g/mol. The fourth-order valence-electron chi connectivity index (χ4n) is 3.69. The number of anilines is 1. The molecule has 3 nitrogen and oxygen atoms in total. The fraction of sp³-hybridized carbons (Fsp3) is 0.350. The van der Waals surface area contributed by atoms with Crippen molar-refractivity contribution in [2.75, 3.05) is 11.4 Å². The maximum absolute atomic E-state index is 12.4. The Labute approximate surface area is 147 Å². The summed E-state index contributed by atoms with van der Waals surface area (Å²) in [6.07, 6.45) is 6.10. The first-order chi connectivity index (χ1) is 11.7. The molecule has 0 N–H and O–H groups in total. The lowest BCUT2D eigenvalue weighted by Gasteiger charge is -2.20. The Kier molecular flexibility index (Phi) is 3.97. The molecule has 4 heteroatoms. The normalized spacial score (nSPS) is 21.6. The van der Waals surface area contributed by atoms with E-state index in [1.54, 1.807) is 4.57 Å². The molecular formula is C20H21ClN2O. The average Bonchev–Trinajstić information content (AvgIpc) is 3.11. The van der Waals surface area contributed by atoms with Gasteiger partial charge in [-0.25, -0.2) is 0 Å². The second-order valence-corrected chi connectivity index (χ2v) is 7.02. The zero-order chi connectivity index (χ0) is 16.7. The molecule has 0 bridgehead atoms. The van der Waals surface area contributed by atoms with Gasteiger partial charge in [-0.2, -0.15) is 0 Å². The van der Waals surface area contributed by atoms with Gasteiger partial charge in [-0.1, -0.05) is 55.3 Å². The Morgan fingerprint density at radius 2 is 2.00 bits per heavy atom. The van der Waals surface area contributed by atoms with Gasteiger partial charge in [0, 0.05) is 37.3 Å². The van der Waals surface area contributed by atoms with Crippen molar-refractivity contribution in [3.63, 3.8) is 0 Å². The number of rotatable bonds is 5. The number of hydrogen-bond acceptors (Lipinski definition) is 2. The second kappa shape index (κ2) is 6.14. The van der Waals surface area contributed by atoms with Crippen molar-refractivity contribution in [3.05, 3.63) is 75.3 Å². The molecule has 0 amide bonds. The molecular weight excluding hydrogens is 320 g/mol. The highest BCUT2D eigenvalue weighted by Crippen LogP contribution is 2.57.